The monoisotopic (exact) mass is 364 g/mol. The van der Waals surface area contributed by atoms with E-state index in [0.29, 0.717) is 18.9 Å². The van der Waals surface area contributed by atoms with Gasteiger partial charge in [-0.25, -0.2) is 0 Å². The van der Waals surface area contributed by atoms with Crippen molar-refractivity contribution in [3.63, 3.8) is 0 Å². The number of hydrogen-bond acceptors (Lipinski definition) is 3. The number of carbonyl (C=O) groups is 1. The molecule has 0 aliphatic heterocycles. The van der Waals surface area contributed by atoms with Crippen LogP contribution in [-0.2, 0) is 4.79 Å². The summed E-state index contributed by atoms with van der Waals surface area (Å²) in [7, 11) is 2.00. The molecule has 0 unspecified atom stereocenters. The van der Waals surface area contributed by atoms with Crippen LogP contribution in [0.1, 0.15) is 90.4 Å². The lowest BCUT2D eigenvalue weighted by molar-refractivity contribution is -0.120. The van der Waals surface area contributed by atoms with Crippen LogP contribution in [0.5, 0.6) is 0 Å². The van der Waals surface area contributed by atoms with Crippen LogP contribution >= 0.6 is 0 Å². The second-order valence-electron chi connectivity index (χ2n) is 7.40. The maximum atomic E-state index is 11.9. The molecule has 0 saturated heterocycles. The number of nitrogens with zero attached hydrogens (tertiary/aromatic N) is 1. The largest absolute Gasteiger partial charge is 0.330 e. The first-order valence-electron chi connectivity index (χ1n) is 10.9. The second-order valence-corrected chi connectivity index (χ2v) is 7.40. The molecule has 0 atom stereocenters. The van der Waals surface area contributed by atoms with Crippen LogP contribution < -0.4 is 5.73 Å². The van der Waals surface area contributed by atoms with Gasteiger partial charge in [-0.1, -0.05) is 63.3 Å². The Morgan fingerprint density at radius 2 is 1.46 bits per heavy atom. The Morgan fingerprint density at radius 3 is 2.12 bits per heavy atom. The highest BCUT2D eigenvalue weighted by Crippen LogP contribution is 2.08. The van der Waals surface area contributed by atoms with Gasteiger partial charge in [0.25, 0.3) is 0 Å². The SMILES string of the molecule is CCCCC/C=C\C/C=C\CCCCCCCC(=O)CN(C)CCCN. The molecule has 3 heteroatoms. The molecule has 0 aromatic carbocycles. The van der Waals surface area contributed by atoms with Gasteiger partial charge in [0.05, 0.1) is 6.54 Å². The molecule has 0 aromatic rings. The number of allylic oxidation sites excluding steroid dienone is 4. The van der Waals surface area contributed by atoms with E-state index in [1.165, 1.54) is 57.8 Å². The van der Waals surface area contributed by atoms with E-state index in [1.807, 2.05) is 7.05 Å². The van der Waals surface area contributed by atoms with E-state index in [9.17, 15) is 4.79 Å². The Kier molecular flexibility index (Phi) is 19.7. The van der Waals surface area contributed by atoms with Crippen LogP contribution in [0.4, 0.5) is 0 Å². The molecule has 0 aliphatic carbocycles. The van der Waals surface area contributed by atoms with E-state index in [2.05, 4.69) is 36.1 Å². The molecule has 152 valence electrons. The third kappa shape index (κ3) is 19.4. The van der Waals surface area contributed by atoms with Crippen molar-refractivity contribution in [3.05, 3.63) is 24.3 Å². The minimum atomic E-state index is 0.371. The number of hydrogen-bond donors (Lipinski definition) is 1. The highest BCUT2D eigenvalue weighted by molar-refractivity contribution is 5.80. The first-order valence-corrected chi connectivity index (χ1v) is 10.9. The fraction of sp³-hybridized carbons (Fsp3) is 0.783. The molecule has 0 amide bonds. The summed E-state index contributed by atoms with van der Waals surface area (Å²) in [5.74, 6) is 0.371. The molecule has 0 fully saturated rings. The van der Waals surface area contributed by atoms with Crippen LogP contribution in [0.2, 0.25) is 0 Å². The number of Topliss-reactive ketones (excluding diaryl/α,β-unsaturated/α-hetero) is 1. The molecule has 0 aromatic heterocycles. The molecule has 0 saturated carbocycles. The predicted molar refractivity (Wildman–Crippen MR) is 116 cm³/mol. The van der Waals surface area contributed by atoms with E-state index in [-0.39, 0.29) is 0 Å². The Bertz CT molecular complexity index is 363. The summed E-state index contributed by atoms with van der Waals surface area (Å²) in [6.45, 7) is 4.45. The maximum Gasteiger partial charge on any atom is 0.146 e. The fourth-order valence-electron chi connectivity index (χ4n) is 2.95. The minimum Gasteiger partial charge on any atom is -0.330 e. The van der Waals surface area contributed by atoms with E-state index in [4.69, 9.17) is 5.73 Å². The van der Waals surface area contributed by atoms with Gasteiger partial charge in [-0.3, -0.25) is 9.69 Å². The molecule has 0 aliphatic rings. The molecular weight excluding hydrogens is 320 g/mol. The second kappa shape index (κ2) is 20.4. The molecule has 0 spiro atoms. The molecule has 0 heterocycles. The summed E-state index contributed by atoms with van der Waals surface area (Å²) in [5, 5.41) is 0. The fourth-order valence-corrected chi connectivity index (χ4v) is 2.95. The summed E-state index contributed by atoms with van der Waals surface area (Å²) in [4.78, 5) is 13.9. The van der Waals surface area contributed by atoms with Crippen molar-refractivity contribution in [2.75, 3.05) is 26.7 Å². The summed E-state index contributed by atoms with van der Waals surface area (Å²) in [6, 6.07) is 0. The first kappa shape index (κ1) is 25.1. The van der Waals surface area contributed by atoms with Crippen LogP contribution in [-0.4, -0.2) is 37.4 Å². The third-order valence-electron chi connectivity index (χ3n) is 4.60. The van der Waals surface area contributed by atoms with Crippen LogP contribution in [0.15, 0.2) is 24.3 Å². The molecule has 2 N–H and O–H groups in total. The zero-order valence-corrected chi connectivity index (χ0v) is 17.6. The number of rotatable bonds is 19. The van der Waals surface area contributed by atoms with Crippen molar-refractivity contribution in [3.8, 4) is 0 Å². The zero-order chi connectivity index (χ0) is 19.3. The highest BCUT2D eigenvalue weighted by atomic mass is 16.1. The van der Waals surface area contributed by atoms with Gasteiger partial charge in [-0.2, -0.15) is 0 Å². The number of likely N-dealkylation sites (N-methyl/N-ethyl adjacent to an activating group) is 1. The smallest absolute Gasteiger partial charge is 0.146 e. The summed E-state index contributed by atoms with van der Waals surface area (Å²) < 4.78 is 0. The number of nitrogens with two attached hydrogens (primary N) is 1. The van der Waals surface area contributed by atoms with Crippen LogP contribution in [0.25, 0.3) is 0 Å². The normalized spacial score (nSPS) is 12.0. The maximum absolute atomic E-state index is 11.9. The highest BCUT2D eigenvalue weighted by Gasteiger charge is 2.05. The lowest BCUT2D eigenvalue weighted by Gasteiger charge is -2.14. The van der Waals surface area contributed by atoms with Gasteiger partial charge in [0.15, 0.2) is 0 Å². The number of carbonyl (C=O) groups excluding carboxylic acids is 1. The number of unbranched alkanes of at least 4 members (excludes halogenated alkanes) is 8. The van der Waals surface area contributed by atoms with Gasteiger partial charge in [-0.05, 0) is 65.1 Å². The Balaban J connectivity index is 3.35. The van der Waals surface area contributed by atoms with E-state index in [0.717, 1.165) is 32.2 Å². The van der Waals surface area contributed by atoms with Gasteiger partial charge in [0, 0.05) is 6.42 Å². The third-order valence-corrected chi connectivity index (χ3v) is 4.60. The lowest BCUT2D eigenvalue weighted by Crippen LogP contribution is -2.28. The molecule has 26 heavy (non-hydrogen) atoms. The molecule has 0 bridgehead atoms. The zero-order valence-electron chi connectivity index (χ0n) is 17.6. The summed E-state index contributed by atoms with van der Waals surface area (Å²) >= 11 is 0. The number of ketones is 1. The van der Waals surface area contributed by atoms with Crippen molar-refractivity contribution < 1.29 is 4.79 Å². The summed E-state index contributed by atoms with van der Waals surface area (Å²) in [5.41, 5.74) is 5.49. The van der Waals surface area contributed by atoms with Gasteiger partial charge in [0.2, 0.25) is 0 Å². The average molecular weight is 365 g/mol. The van der Waals surface area contributed by atoms with Crippen molar-refractivity contribution >= 4 is 5.78 Å². The lowest BCUT2D eigenvalue weighted by atomic mass is 10.1. The molecule has 0 radical (unpaired) electrons. The van der Waals surface area contributed by atoms with Crippen LogP contribution in [0, 0.1) is 0 Å². The average Bonchev–Trinajstić information content (AvgIpc) is 2.63. The quantitative estimate of drug-likeness (QED) is 0.238. The van der Waals surface area contributed by atoms with Crippen LogP contribution in [0.3, 0.4) is 0 Å². The van der Waals surface area contributed by atoms with E-state index in [1.54, 1.807) is 0 Å². The van der Waals surface area contributed by atoms with Gasteiger partial charge in [-0.15, -0.1) is 0 Å². The minimum absolute atomic E-state index is 0.371. The Hall–Kier alpha value is -0.930. The van der Waals surface area contributed by atoms with Gasteiger partial charge >= 0.3 is 0 Å². The van der Waals surface area contributed by atoms with Crippen molar-refractivity contribution in [2.24, 2.45) is 5.73 Å². The van der Waals surface area contributed by atoms with Gasteiger partial charge < -0.3 is 5.73 Å². The van der Waals surface area contributed by atoms with E-state index >= 15 is 0 Å². The van der Waals surface area contributed by atoms with Crippen molar-refractivity contribution in [2.45, 2.75) is 90.4 Å². The standard InChI is InChI=1S/C23H44N2O/c1-3-4-5-6-7-8-9-10-11-12-13-14-15-16-17-19-23(26)22-25(2)21-18-20-24/h7-8,10-11H,3-6,9,12-22,24H2,1-2H3/b8-7-,11-10-. The van der Waals surface area contributed by atoms with E-state index < -0.39 is 0 Å². The predicted octanol–water partition coefficient (Wildman–Crippen LogP) is 5.65. The van der Waals surface area contributed by atoms with Crippen molar-refractivity contribution in [1.82, 2.24) is 4.90 Å². The van der Waals surface area contributed by atoms with Gasteiger partial charge in [0.1, 0.15) is 5.78 Å². The molecule has 3 nitrogen and oxygen atoms in total. The first-order chi connectivity index (χ1) is 12.7. The molecule has 0 rings (SSSR count). The topological polar surface area (TPSA) is 46.3 Å². The van der Waals surface area contributed by atoms with Crippen molar-refractivity contribution in [1.29, 1.82) is 0 Å². The Labute approximate surface area is 163 Å². The summed E-state index contributed by atoms with van der Waals surface area (Å²) in [6.07, 6.45) is 24.4. The Morgan fingerprint density at radius 1 is 0.846 bits per heavy atom. The molecular formula is C23H44N2O.